The van der Waals surface area contributed by atoms with Gasteiger partial charge in [0.15, 0.2) is 0 Å². The lowest BCUT2D eigenvalue weighted by Gasteiger charge is -2.13. The smallest absolute Gasteiger partial charge is 0.326 e. The summed E-state index contributed by atoms with van der Waals surface area (Å²) in [7, 11) is 0. The summed E-state index contributed by atoms with van der Waals surface area (Å²) in [6, 6.07) is -0.114. The first-order valence-electron chi connectivity index (χ1n) is 5.30. The number of aliphatic carboxylic acids is 2. The van der Waals surface area contributed by atoms with E-state index < -0.39 is 23.9 Å². The van der Waals surface area contributed by atoms with E-state index >= 15 is 0 Å². The summed E-state index contributed by atoms with van der Waals surface area (Å²) in [5, 5.41) is 28.9. The van der Waals surface area contributed by atoms with Crippen molar-refractivity contribution < 1.29 is 29.7 Å². The van der Waals surface area contributed by atoms with E-state index in [4.69, 9.17) is 10.2 Å². The van der Waals surface area contributed by atoms with Gasteiger partial charge in [-0.25, -0.2) is 4.79 Å². The summed E-state index contributed by atoms with van der Waals surface area (Å²) in [5.41, 5.74) is -0.128. The van der Waals surface area contributed by atoms with Crippen LogP contribution in [0, 0.1) is 0 Å². The highest BCUT2D eigenvalue weighted by Gasteiger charge is 2.22. The number of carboxylic acid groups (broad SMARTS) is 2. The lowest BCUT2D eigenvalue weighted by molar-refractivity contribution is -0.140. The third-order valence-electron chi connectivity index (χ3n) is 2.29. The SMILES string of the molecule is O=C(O)CC[C@H](NC(=O)c1ccncc1O)C(=O)O. The maximum atomic E-state index is 11.7. The number of amides is 1. The molecule has 1 aromatic rings. The monoisotopic (exact) mass is 268 g/mol. The molecule has 0 aliphatic heterocycles. The molecule has 8 nitrogen and oxygen atoms in total. The third-order valence-corrected chi connectivity index (χ3v) is 2.29. The topological polar surface area (TPSA) is 137 Å². The number of nitrogens with zero attached hydrogens (tertiary/aromatic N) is 1. The molecule has 0 spiro atoms. The Morgan fingerprint density at radius 3 is 2.53 bits per heavy atom. The average Bonchev–Trinajstić information content (AvgIpc) is 2.34. The van der Waals surface area contributed by atoms with Crippen LogP contribution in [0.15, 0.2) is 18.5 Å². The molecule has 0 saturated carbocycles. The summed E-state index contributed by atoms with van der Waals surface area (Å²) in [4.78, 5) is 36.6. The fraction of sp³-hybridized carbons (Fsp3) is 0.273. The molecule has 1 heterocycles. The van der Waals surface area contributed by atoms with E-state index in [9.17, 15) is 19.5 Å². The van der Waals surface area contributed by atoms with Gasteiger partial charge in [0.1, 0.15) is 11.8 Å². The molecule has 1 amide bonds. The van der Waals surface area contributed by atoms with Gasteiger partial charge < -0.3 is 20.6 Å². The highest BCUT2D eigenvalue weighted by molar-refractivity contribution is 5.98. The summed E-state index contributed by atoms with van der Waals surface area (Å²) < 4.78 is 0. The second kappa shape index (κ2) is 6.34. The minimum atomic E-state index is -1.34. The van der Waals surface area contributed by atoms with Crippen molar-refractivity contribution in [2.75, 3.05) is 0 Å². The van der Waals surface area contributed by atoms with Gasteiger partial charge in [-0.15, -0.1) is 0 Å². The lowest BCUT2D eigenvalue weighted by atomic mass is 10.1. The second-order valence-corrected chi connectivity index (χ2v) is 3.69. The van der Waals surface area contributed by atoms with Crippen LogP contribution < -0.4 is 5.32 Å². The van der Waals surface area contributed by atoms with E-state index in [1.54, 1.807) is 0 Å². The fourth-order valence-electron chi connectivity index (χ4n) is 1.34. The number of aromatic hydroxyl groups is 1. The quantitative estimate of drug-likeness (QED) is 0.562. The van der Waals surface area contributed by atoms with Gasteiger partial charge in [0, 0.05) is 12.6 Å². The molecule has 1 atom stereocenters. The van der Waals surface area contributed by atoms with Crippen LogP contribution in [0.1, 0.15) is 23.2 Å². The van der Waals surface area contributed by atoms with Crippen LogP contribution in [0.3, 0.4) is 0 Å². The Bertz CT molecular complexity index is 502. The van der Waals surface area contributed by atoms with E-state index in [1.165, 1.54) is 12.3 Å². The highest BCUT2D eigenvalue weighted by Crippen LogP contribution is 2.14. The molecule has 4 N–H and O–H groups in total. The van der Waals surface area contributed by atoms with Gasteiger partial charge in [0.05, 0.1) is 11.8 Å². The number of rotatable bonds is 6. The zero-order valence-electron chi connectivity index (χ0n) is 9.74. The van der Waals surface area contributed by atoms with Gasteiger partial charge in [0.2, 0.25) is 0 Å². The van der Waals surface area contributed by atoms with Gasteiger partial charge in [0.25, 0.3) is 5.91 Å². The molecule has 0 bridgehead atoms. The van der Waals surface area contributed by atoms with E-state index in [0.717, 1.165) is 6.20 Å². The van der Waals surface area contributed by atoms with Crippen LogP contribution in [0.5, 0.6) is 5.75 Å². The number of carbonyl (C=O) groups is 3. The number of pyridine rings is 1. The molecule has 0 aliphatic rings. The van der Waals surface area contributed by atoms with Crippen LogP contribution in [0.25, 0.3) is 0 Å². The van der Waals surface area contributed by atoms with E-state index in [2.05, 4.69) is 10.3 Å². The molecule has 19 heavy (non-hydrogen) atoms. The Morgan fingerprint density at radius 2 is 2.00 bits per heavy atom. The van der Waals surface area contributed by atoms with Crippen molar-refractivity contribution in [3.8, 4) is 5.75 Å². The first kappa shape index (κ1) is 14.4. The van der Waals surface area contributed by atoms with E-state index in [-0.39, 0.29) is 24.2 Å². The molecular weight excluding hydrogens is 256 g/mol. The minimum absolute atomic E-state index is 0.128. The first-order chi connectivity index (χ1) is 8.91. The van der Waals surface area contributed by atoms with E-state index in [0.29, 0.717) is 0 Å². The van der Waals surface area contributed by atoms with Crippen molar-refractivity contribution in [3.05, 3.63) is 24.0 Å². The van der Waals surface area contributed by atoms with Crippen LogP contribution in [0.2, 0.25) is 0 Å². The zero-order chi connectivity index (χ0) is 14.4. The van der Waals surface area contributed by atoms with Crippen LogP contribution in [0.4, 0.5) is 0 Å². The zero-order valence-corrected chi connectivity index (χ0v) is 9.74. The molecular formula is C11H12N2O6. The molecule has 1 aromatic heterocycles. The minimum Gasteiger partial charge on any atom is -0.505 e. The molecule has 0 saturated heterocycles. The second-order valence-electron chi connectivity index (χ2n) is 3.69. The Kier molecular flexibility index (Phi) is 4.81. The van der Waals surface area contributed by atoms with Crippen molar-refractivity contribution in [1.82, 2.24) is 10.3 Å². The molecule has 102 valence electrons. The van der Waals surface area contributed by atoms with Crippen molar-refractivity contribution in [2.45, 2.75) is 18.9 Å². The van der Waals surface area contributed by atoms with Crippen LogP contribution >= 0.6 is 0 Å². The first-order valence-corrected chi connectivity index (χ1v) is 5.30. The summed E-state index contributed by atoms with van der Waals surface area (Å²) >= 11 is 0. The highest BCUT2D eigenvalue weighted by atomic mass is 16.4. The van der Waals surface area contributed by atoms with Crippen LogP contribution in [-0.4, -0.2) is 44.2 Å². The van der Waals surface area contributed by atoms with Gasteiger partial charge in [-0.3, -0.25) is 14.6 Å². The molecule has 0 aliphatic carbocycles. The predicted molar refractivity (Wildman–Crippen MR) is 61.7 cm³/mol. The fourth-order valence-corrected chi connectivity index (χ4v) is 1.34. The normalized spacial score (nSPS) is 11.6. The number of carbonyl (C=O) groups excluding carboxylic acids is 1. The summed E-state index contributed by atoms with van der Waals surface area (Å²) in [5.74, 6) is -3.70. The van der Waals surface area contributed by atoms with Gasteiger partial charge in [-0.2, -0.15) is 0 Å². The Labute approximate surface area is 107 Å². The number of hydrogen-bond donors (Lipinski definition) is 4. The van der Waals surface area contributed by atoms with Gasteiger partial charge >= 0.3 is 11.9 Å². The largest absolute Gasteiger partial charge is 0.505 e. The maximum absolute atomic E-state index is 11.7. The summed E-state index contributed by atoms with van der Waals surface area (Å²) in [6.07, 6.45) is 1.67. The van der Waals surface area contributed by atoms with Gasteiger partial charge in [-0.1, -0.05) is 0 Å². The number of aromatic nitrogens is 1. The Balaban J connectivity index is 2.74. The van der Waals surface area contributed by atoms with Crippen LogP contribution in [-0.2, 0) is 9.59 Å². The van der Waals surface area contributed by atoms with Crippen molar-refractivity contribution in [3.63, 3.8) is 0 Å². The Hall–Kier alpha value is -2.64. The Morgan fingerprint density at radius 1 is 1.32 bits per heavy atom. The average molecular weight is 268 g/mol. The molecule has 0 aromatic carbocycles. The molecule has 0 radical (unpaired) electrons. The van der Waals surface area contributed by atoms with Gasteiger partial charge in [-0.05, 0) is 12.5 Å². The van der Waals surface area contributed by atoms with Crippen molar-refractivity contribution >= 4 is 17.8 Å². The third kappa shape index (κ3) is 4.26. The molecule has 8 heteroatoms. The summed E-state index contributed by atoms with van der Waals surface area (Å²) in [6.45, 7) is 0. The molecule has 1 rings (SSSR count). The number of hydrogen-bond acceptors (Lipinski definition) is 5. The standard InChI is InChI=1S/C11H12N2O6/c14-8-5-12-4-3-6(8)10(17)13-7(11(18)19)1-2-9(15)16/h3-5,7,14H,1-2H2,(H,13,17)(H,15,16)(H,18,19)/t7-/m0/s1. The molecule has 0 unspecified atom stereocenters. The van der Waals surface area contributed by atoms with E-state index in [1.807, 2.05) is 0 Å². The van der Waals surface area contributed by atoms with Crippen molar-refractivity contribution in [2.24, 2.45) is 0 Å². The molecule has 0 fully saturated rings. The number of carboxylic acids is 2. The lowest BCUT2D eigenvalue weighted by Crippen LogP contribution is -2.41. The predicted octanol–water partition coefficient (Wildman–Crippen LogP) is -0.165. The van der Waals surface area contributed by atoms with Crippen molar-refractivity contribution in [1.29, 1.82) is 0 Å². The maximum Gasteiger partial charge on any atom is 0.326 e. The number of nitrogens with one attached hydrogen (secondary N) is 1.